The fourth-order valence-electron chi connectivity index (χ4n) is 13.6. The van der Waals surface area contributed by atoms with Gasteiger partial charge in [0.05, 0.1) is 0 Å². The van der Waals surface area contributed by atoms with E-state index in [-0.39, 0.29) is 13.3 Å². The van der Waals surface area contributed by atoms with Crippen molar-refractivity contribution in [2.75, 3.05) is 0 Å². The lowest BCUT2D eigenvalue weighted by Crippen LogP contribution is -2.56. The zero-order chi connectivity index (χ0) is 32.8. The molecule has 2 aromatic carbocycles. The van der Waals surface area contributed by atoms with Gasteiger partial charge in [-0.05, 0) is 182 Å². The van der Waals surface area contributed by atoms with E-state index in [1.165, 1.54) is 27.9 Å². The Hall–Kier alpha value is -2.14. The molecule has 2 N–H and O–H groups in total. The molecule has 0 spiro atoms. The molecule has 0 saturated heterocycles. The van der Waals surface area contributed by atoms with Crippen LogP contribution in [0.25, 0.3) is 0 Å². The number of hydrogen-bond donors (Lipinski definition) is 2. The van der Waals surface area contributed by atoms with Crippen molar-refractivity contribution >= 4 is 26.5 Å². The van der Waals surface area contributed by atoms with E-state index >= 15 is 0 Å². The average Bonchev–Trinajstić information content (AvgIpc) is 3.81. The van der Waals surface area contributed by atoms with Crippen LogP contribution < -0.4 is 10.6 Å². The van der Waals surface area contributed by atoms with E-state index in [0.717, 1.165) is 41.7 Å². The van der Waals surface area contributed by atoms with Gasteiger partial charge in [-0.3, -0.25) is 0 Å². The third-order valence-corrected chi connectivity index (χ3v) is 21.5. The van der Waals surface area contributed by atoms with Gasteiger partial charge in [0.15, 0.2) is 0 Å². The molecule has 0 aliphatic heterocycles. The molecule has 8 saturated carbocycles. The van der Waals surface area contributed by atoms with E-state index in [4.69, 9.17) is 0 Å². The van der Waals surface area contributed by atoms with Gasteiger partial charge in [-0.1, -0.05) is 70.3 Å². The molecule has 0 radical (unpaired) electrons. The first-order chi connectivity index (χ1) is 23.8. The zero-order valence-corrected chi connectivity index (χ0v) is 31.6. The Kier molecular flexibility index (Phi) is 7.71. The van der Waals surface area contributed by atoms with Crippen LogP contribution in [0, 0.1) is 35.5 Å². The molecule has 4 aromatic rings. The second-order valence-electron chi connectivity index (χ2n) is 18.6. The largest absolute Gasteiger partial charge is 0.367 e. The molecule has 0 atom stereocenters. The number of H-pyrrole nitrogens is 2. The van der Waals surface area contributed by atoms with Gasteiger partial charge in [0.25, 0.3) is 0 Å². The molecule has 12 rings (SSSR count). The Bertz CT molecular complexity index is 1620. The van der Waals surface area contributed by atoms with Crippen LogP contribution in [0.5, 0.6) is 0 Å². The van der Waals surface area contributed by atoms with Gasteiger partial charge >= 0.3 is 0 Å². The molecule has 2 aromatic heterocycles. The molecule has 0 unspecified atom stereocenters. The van der Waals surface area contributed by atoms with Crippen molar-refractivity contribution in [3.63, 3.8) is 0 Å². The minimum atomic E-state index is -0.506. The third kappa shape index (κ3) is 5.48. The van der Waals surface area contributed by atoms with E-state index < -0.39 is 7.92 Å². The van der Waals surface area contributed by atoms with Gasteiger partial charge in [-0.2, -0.15) is 0 Å². The van der Waals surface area contributed by atoms with Crippen molar-refractivity contribution in [2.24, 2.45) is 35.5 Å². The van der Waals surface area contributed by atoms with E-state index in [0.29, 0.717) is 10.3 Å². The van der Waals surface area contributed by atoms with Gasteiger partial charge in [-0.15, -0.1) is 0 Å². The summed E-state index contributed by atoms with van der Waals surface area (Å²) in [6, 6.07) is 23.9. The first kappa shape index (κ1) is 31.6. The summed E-state index contributed by atoms with van der Waals surface area (Å²) in [4.78, 5) is 6.84. The Balaban J connectivity index is 1.09. The van der Waals surface area contributed by atoms with Crippen LogP contribution in [-0.2, 0) is 17.7 Å². The van der Waals surface area contributed by atoms with Crippen LogP contribution >= 0.6 is 15.8 Å². The summed E-state index contributed by atoms with van der Waals surface area (Å²) in [6.07, 6.45) is 30.2. The lowest BCUT2D eigenvalue weighted by Gasteiger charge is -2.67. The van der Waals surface area contributed by atoms with Crippen LogP contribution in [0.15, 0.2) is 85.5 Å². The Morgan fingerprint density at radius 2 is 1.06 bits per heavy atom. The molecule has 0 amide bonds. The highest BCUT2D eigenvalue weighted by Crippen LogP contribution is 2.79. The molecule has 4 heteroatoms. The Morgan fingerprint density at radius 3 is 1.51 bits per heavy atom. The minimum absolute atomic E-state index is 0.0376. The van der Waals surface area contributed by atoms with Crippen LogP contribution in [0.1, 0.15) is 113 Å². The maximum Gasteiger partial charge on any atom is 0.0146 e. The molecule has 8 aliphatic rings. The fraction of sp³-hybridized carbons (Fsp3) is 0.556. The summed E-state index contributed by atoms with van der Waals surface area (Å²) in [5, 5.41) is 4.25. The second kappa shape index (κ2) is 12.0. The van der Waals surface area contributed by atoms with E-state index in [2.05, 4.69) is 109 Å². The standard InChI is InChI=1S/C45H56N2P2/c1-43(2,39-6-4-3-5-7-39)40-9-8-37(38(20-40)29-48(41-10-12-46-27-41)42-11-13-47-28-42)30-49(44-21-31-14-32(22-44)16-33(15-31)23-44)45-24-34-17-35(25-45)19-36(18-34)26-45/h3-13,20,27-28,31-36,46-47H,14-19,21-26,29-30H2,1-2H3. The predicted octanol–water partition coefficient (Wildman–Crippen LogP) is 11.2. The van der Waals surface area contributed by atoms with Crippen LogP contribution in [0.2, 0.25) is 0 Å². The molecule has 2 nitrogen and oxygen atoms in total. The van der Waals surface area contributed by atoms with Crippen LogP contribution in [-0.4, -0.2) is 20.3 Å². The molecule has 256 valence electrons. The molecule has 49 heavy (non-hydrogen) atoms. The maximum absolute atomic E-state index is 3.42. The normalized spacial score (nSPS) is 35.0. The average molecular weight is 687 g/mol. The van der Waals surface area contributed by atoms with Crippen molar-refractivity contribution < 1.29 is 0 Å². The topological polar surface area (TPSA) is 31.6 Å². The van der Waals surface area contributed by atoms with E-state index in [1.807, 2.05) is 0 Å². The molecule has 8 bridgehead atoms. The van der Waals surface area contributed by atoms with Gasteiger partial charge < -0.3 is 9.97 Å². The van der Waals surface area contributed by atoms with Crippen molar-refractivity contribution in [3.05, 3.63) is 108 Å². The SMILES string of the molecule is CC(C)(c1ccccc1)c1ccc(CP(C23CC4CC(CC(C4)C2)C3)C23CC4CC(CC(C4)C2)C3)c(CP(c2cc[nH]c2)c2cc[nH]c2)c1. The number of hydrogen-bond acceptors (Lipinski definition) is 0. The monoisotopic (exact) mass is 686 g/mol. The lowest BCUT2D eigenvalue weighted by atomic mass is 9.55. The highest BCUT2D eigenvalue weighted by atomic mass is 31.1. The summed E-state index contributed by atoms with van der Waals surface area (Å²) in [5.74, 6) is 6.21. The summed E-state index contributed by atoms with van der Waals surface area (Å²) in [5.41, 5.74) is 6.23. The highest BCUT2D eigenvalue weighted by Gasteiger charge is 2.62. The summed E-state index contributed by atoms with van der Waals surface area (Å²) >= 11 is 0. The van der Waals surface area contributed by atoms with Gasteiger partial charge in [0.1, 0.15) is 0 Å². The van der Waals surface area contributed by atoms with Crippen molar-refractivity contribution in [3.8, 4) is 0 Å². The van der Waals surface area contributed by atoms with Crippen molar-refractivity contribution in [2.45, 2.75) is 119 Å². The fourth-order valence-corrected chi connectivity index (χ4v) is 21.1. The summed E-state index contributed by atoms with van der Waals surface area (Å²) < 4.78 is 0. The van der Waals surface area contributed by atoms with Crippen molar-refractivity contribution in [1.29, 1.82) is 0 Å². The van der Waals surface area contributed by atoms with Gasteiger partial charge in [-0.25, -0.2) is 0 Å². The highest BCUT2D eigenvalue weighted by molar-refractivity contribution is 7.72. The molecule has 8 fully saturated rings. The molecular formula is C45H56N2P2. The maximum atomic E-state index is 3.42. The number of benzene rings is 2. The number of rotatable bonds is 10. The van der Waals surface area contributed by atoms with Gasteiger partial charge in [0, 0.05) is 36.4 Å². The molecular weight excluding hydrogens is 630 g/mol. The van der Waals surface area contributed by atoms with Crippen molar-refractivity contribution in [1.82, 2.24) is 9.97 Å². The third-order valence-electron chi connectivity index (χ3n) is 15.0. The lowest BCUT2D eigenvalue weighted by molar-refractivity contribution is 0.0184. The second-order valence-corrected chi connectivity index (χ2v) is 23.8. The van der Waals surface area contributed by atoms with Crippen LogP contribution in [0.4, 0.5) is 0 Å². The van der Waals surface area contributed by atoms with E-state index in [1.54, 1.807) is 88.2 Å². The Morgan fingerprint density at radius 1 is 0.571 bits per heavy atom. The molecule has 2 heterocycles. The summed E-state index contributed by atoms with van der Waals surface area (Å²) in [7, 11) is -0.609. The van der Waals surface area contributed by atoms with E-state index in [9.17, 15) is 0 Å². The molecule has 8 aliphatic carbocycles. The quantitative estimate of drug-likeness (QED) is 0.156. The summed E-state index contributed by atoms with van der Waals surface area (Å²) in [6.45, 7) is 4.89. The first-order valence-corrected chi connectivity index (χ1v) is 22.9. The zero-order valence-electron chi connectivity index (χ0n) is 29.8. The van der Waals surface area contributed by atoms with Crippen LogP contribution in [0.3, 0.4) is 0 Å². The number of aromatic amines is 2. The van der Waals surface area contributed by atoms with Gasteiger partial charge in [0.2, 0.25) is 0 Å². The predicted molar refractivity (Wildman–Crippen MR) is 209 cm³/mol. The first-order valence-electron chi connectivity index (χ1n) is 19.8. The number of aromatic nitrogens is 2. The smallest absolute Gasteiger partial charge is 0.0146 e. The number of nitrogens with one attached hydrogen (secondary N) is 2. The minimum Gasteiger partial charge on any atom is -0.367 e. The Labute approximate surface area is 297 Å².